The SMILES string of the molecule is CC(C)(C)OC(=O)Cc1ccccc1OCc1cc(-c2cccc(CNC(=O)OC(C)(C)C)c2)cc(C2CC2)c1.CO. The van der Waals surface area contributed by atoms with E-state index in [1.54, 1.807) is 0 Å². The van der Waals surface area contributed by atoms with Gasteiger partial charge in [-0.2, -0.15) is 0 Å². The summed E-state index contributed by atoms with van der Waals surface area (Å²) in [5.41, 5.74) is 5.31. The van der Waals surface area contributed by atoms with Gasteiger partial charge in [0.2, 0.25) is 0 Å². The monoisotopic (exact) mass is 575 g/mol. The molecule has 42 heavy (non-hydrogen) atoms. The van der Waals surface area contributed by atoms with Crippen molar-refractivity contribution in [1.82, 2.24) is 5.32 Å². The van der Waals surface area contributed by atoms with Gasteiger partial charge in [-0.1, -0.05) is 48.5 Å². The van der Waals surface area contributed by atoms with Gasteiger partial charge in [0.15, 0.2) is 0 Å². The first-order valence-corrected chi connectivity index (χ1v) is 14.4. The molecule has 1 aliphatic rings. The molecule has 1 aliphatic carbocycles. The van der Waals surface area contributed by atoms with Crippen LogP contribution in [0.25, 0.3) is 11.1 Å². The Kier molecular flexibility index (Phi) is 11.2. The van der Waals surface area contributed by atoms with Crippen LogP contribution >= 0.6 is 0 Å². The highest BCUT2D eigenvalue weighted by Gasteiger charge is 2.25. The first-order valence-electron chi connectivity index (χ1n) is 14.4. The molecule has 0 saturated heterocycles. The molecule has 1 amide bonds. The van der Waals surface area contributed by atoms with Crippen LogP contribution in [0.15, 0.2) is 66.7 Å². The maximum absolute atomic E-state index is 12.4. The summed E-state index contributed by atoms with van der Waals surface area (Å²) < 4.78 is 17.1. The van der Waals surface area contributed by atoms with Gasteiger partial charge < -0.3 is 24.6 Å². The van der Waals surface area contributed by atoms with Gasteiger partial charge in [0.05, 0.1) is 6.42 Å². The number of ether oxygens (including phenoxy) is 3. The van der Waals surface area contributed by atoms with Crippen LogP contribution in [0.5, 0.6) is 5.75 Å². The number of rotatable bonds is 9. The number of esters is 1. The molecular formula is C35H45NO6. The van der Waals surface area contributed by atoms with Crippen LogP contribution in [-0.2, 0) is 33.8 Å². The third-order valence-electron chi connectivity index (χ3n) is 6.28. The van der Waals surface area contributed by atoms with Crippen molar-refractivity contribution in [3.8, 4) is 16.9 Å². The first-order chi connectivity index (χ1) is 19.8. The van der Waals surface area contributed by atoms with Gasteiger partial charge in [0, 0.05) is 19.2 Å². The molecule has 4 rings (SSSR count). The predicted octanol–water partition coefficient (Wildman–Crippen LogP) is 7.33. The second kappa shape index (κ2) is 14.4. The number of hydrogen-bond acceptors (Lipinski definition) is 6. The van der Waals surface area contributed by atoms with E-state index in [9.17, 15) is 9.59 Å². The van der Waals surface area contributed by atoms with E-state index in [-0.39, 0.29) is 12.4 Å². The van der Waals surface area contributed by atoms with E-state index in [0.29, 0.717) is 24.8 Å². The number of hydrogen-bond donors (Lipinski definition) is 2. The van der Waals surface area contributed by atoms with Crippen LogP contribution < -0.4 is 10.1 Å². The predicted molar refractivity (Wildman–Crippen MR) is 165 cm³/mol. The fourth-order valence-electron chi connectivity index (χ4n) is 4.45. The molecule has 3 aromatic carbocycles. The average molecular weight is 576 g/mol. The van der Waals surface area contributed by atoms with Crippen molar-refractivity contribution >= 4 is 12.1 Å². The quantitative estimate of drug-likeness (QED) is 0.260. The Morgan fingerprint density at radius 3 is 2.14 bits per heavy atom. The molecule has 1 saturated carbocycles. The minimum atomic E-state index is -0.538. The van der Waals surface area contributed by atoms with Crippen molar-refractivity contribution < 1.29 is 28.9 Å². The zero-order chi connectivity index (χ0) is 30.9. The van der Waals surface area contributed by atoms with E-state index >= 15 is 0 Å². The van der Waals surface area contributed by atoms with Gasteiger partial charge in [-0.3, -0.25) is 4.79 Å². The molecule has 0 aliphatic heterocycles. The molecule has 226 valence electrons. The summed E-state index contributed by atoms with van der Waals surface area (Å²) in [4.78, 5) is 24.6. The number of amides is 1. The van der Waals surface area contributed by atoms with E-state index in [2.05, 4.69) is 35.6 Å². The van der Waals surface area contributed by atoms with Gasteiger partial charge in [0.25, 0.3) is 0 Å². The fraction of sp³-hybridized carbons (Fsp3) is 0.429. The van der Waals surface area contributed by atoms with Gasteiger partial charge in [0.1, 0.15) is 23.6 Å². The number of carbonyl (C=O) groups excluding carboxylic acids is 2. The summed E-state index contributed by atoms with van der Waals surface area (Å²) >= 11 is 0. The maximum atomic E-state index is 12.4. The van der Waals surface area contributed by atoms with Crippen molar-refractivity contribution in [1.29, 1.82) is 0 Å². The van der Waals surface area contributed by atoms with Crippen LogP contribution in [0.2, 0.25) is 0 Å². The molecule has 0 bridgehead atoms. The topological polar surface area (TPSA) is 94.1 Å². The number of carbonyl (C=O) groups is 2. The summed E-state index contributed by atoms with van der Waals surface area (Å²) in [6, 6.07) is 22.5. The van der Waals surface area contributed by atoms with Crippen LogP contribution in [0.4, 0.5) is 4.79 Å². The van der Waals surface area contributed by atoms with Gasteiger partial charge in [-0.05, 0) is 106 Å². The zero-order valence-electron chi connectivity index (χ0n) is 26.0. The number of aliphatic hydroxyl groups is 1. The summed E-state index contributed by atoms with van der Waals surface area (Å²) in [5.74, 6) is 0.986. The molecule has 0 spiro atoms. The second-order valence-electron chi connectivity index (χ2n) is 12.5. The highest BCUT2D eigenvalue weighted by Crippen LogP contribution is 2.42. The number of para-hydroxylation sites is 1. The molecule has 0 aromatic heterocycles. The van der Waals surface area contributed by atoms with E-state index in [0.717, 1.165) is 34.9 Å². The van der Waals surface area contributed by atoms with Crippen LogP contribution in [0.3, 0.4) is 0 Å². The number of aliphatic hydroxyl groups excluding tert-OH is 1. The molecular weight excluding hydrogens is 530 g/mol. The Morgan fingerprint density at radius 1 is 0.810 bits per heavy atom. The first kappa shape index (κ1) is 32.7. The fourth-order valence-corrected chi connectivity index (χ4v) is 4.45. The summed E-state index contributed by atoms with van der Waals surface area (Å²) in [6.45, 7) is 11.9. The summed E-state index contributed by atoms with van der Waals surface area (Å²) in [5, 5.41) is 9.84. The molecule has 7 heteroatoms. The molecule has 1 fully saturated rings. The highest BCUT2D eigenvalue weighted by molar-refractivity contribution is 5.74. The normalized spacial score (nSPS) is 13.0. The van der Waals surface area contributed by atoms with E-state index in [4.69, 9.17) is 19.3 Å². The Labute approximate surface area is 250 Å². The minimum Gasteiger partial charge on any atom is -0.489 e. The summed E-state index contributed by atoms with van der Waals surface area (Å²) in [7, 11) is 1.00. The van der Waals surface area contributed by atoms with Crippen molar-refractivity contribution in [3.63, 3.8) is 0 Å². The molecule has 0 unspecified atom stereocenters. The van der Waals surface area contributed by atoms with Crippen molar-refractivity contribution in [2.75, 3.05) is 7.11 Å². The molecule has 3 aromatic rings. The smallest absolute Gasteiger partial charge is 0.407 e. The molecule has 0 radical (unpaired) electrons. The number of nitrogens with one attached hydrogen (secondary N) is 1. The zero-order valence-corrected chi connectivity index (χ0v) is 26.0. The lowest BCUT2D eigenvalue weighted by atomic mass is 9.97. The Bertz CT molecular complexity index is 1350. The largest absolute Gasteiger partial charge is 0.489 e. The third kappa shape index (κ3) is 10.9. The minimum absolute atomic E-state index is 0.158. The highest BCUT2D eigenvalue weighted by atomic mass is 16.6. The van der Waals surface area contributed by atoms with Crippen LogP contribution in [0, 0.1) is 0 Å². The molecule has 0 atom stereocenters. The Balaban J connectivity index is 0.00000237. The Hall–Kier alpha value is -3.84. The lowest BCUT2D eigenvalue weighted by Crippen LogP contribution is -2.32. The van der Waals surface area contributed by atoms with E-state index in [1.165, 1.54) is 18.4 Å². The van der Waals surface area contributed by atoms with E-state index < -0.39 is 17.3 Å². The van der Waals surface area contributed by atoms with Crippen LogP contribution in [0.1, 0.15) is 82.6 Å². The van der Waals surface area contributed by atoms with Crippen molar-refractivity contribution in [3.05, 3.63) is 89.0 Å². The molecule has 2 N–H and O–H groups in total. The average Bonchev–Trinajstić information content (AvgIpc) is 3.76. The van der Waals surface area contributed by atoms with Gasteiger partial charge >= 0.3 is 12.1 Å². The lowest BCUT2D eigenvalue weighted by Gasteiger charge is -2.20. The maximum Gasteiger partial charge on any atom is 0.407 e. The van der Waals surface area contributed by atoms with E-state index in [1.807, 2.05) is 77.9 Å². The standard InChI is InChI=1S/C34H41NO5.CH4O/c1-33(2,3)39-31(36)20-27-11-7-8-13-30(27)38-22-24-17-28(25-14-15-25)19-29(18-24)26-12-9-10-23(16-26)21-35-32(37)40-34(4,5)6;1-2/h7-13,16-19,25H,14-15,20-22H2,1-6H3,(H,35,37);2H,1H3. The number of alkyl carbamates (subject to hydrolysis) is 1. The second-order valence-corrected chi connectivity index (χ2v) is 12.5. The molecule has 0 heterocycles. The van der Waals surface area contributed by atoms with Crippen molar-refractivity contribution in [2.24, 2.45) is 0 Å². The lowest BCUT2D eigenvalue weighted by molar-refractivity contribution is -0.153. The third-order valence-corrected chi connectivity index (χ3v) is 6.28. The summed E-state index contributed by atoms with van der Waals surface area (Å²) in [6.07, 6.45) is 2.12. The van der Waals surface area contributed by atoms with Crippen molar-refractivity contribution in [2.45, 2.75) is 91.1 Å². The Morgan fingerprint density at radius 2 is 1.48 bits per heavy atom. The van der Waals surface area contributed by atoms with Crippen LogP contribution in [-0.4, -0.2) is 35.5 Å². The molecule has 7 nitrogen and oxygen atoms in total. The number of benzene rings is 3. The van der Waals surface area contributed by atoms with Gasteiger partial charge in [-0.25, -0.2) is 4.79 Å². The van der Waals surface area contributed by atoms with Gasteiger partial charge in [-0.15, -0.1) is 0 Å².